The van der Waals surface area contributed by atoms with Gasteiger partial charge in [0.1, 0.15) is 30.1 Å². The smallest absolute Gasteiger partial charge is 0.161 e. The molecular formula is C18H18FN3O2. The highest BCUT2D eigenvalue weighted by Gasteiger charge is 2.11. The Kier molecular flexibility index (Phi) is 4.74. The molecule has 0 saturated heterocycles. The third-order valence-corrected chi connectivity index (χ3v) is 3.71. The van der Waals surface area contributed by atoms with E-state index in [1.165, 1.54) is 12.4 Å². The van der Waals surface area contributed by atoms with Gasteiger partial charge in [-0.25, -0.2) is 14.4 Å². The van der Waals surface area contributed by atoms with Gasteiger partial charge in [-0.2, -0.15) is 0 Å². The fraction of sp³-hybridized carbons (Fsp3) is 0.222. The van der Waals surface area contributed by atoms with Gasteiger partial charge in [0.15, 0.2) is 11.5 Å². The van der Waals surface area contributed by atoms with Gasteiger partial charge in [-0.1, -0.05) is 18.2 Å². The fourth-order valence-corrected chi connectivity index (χ4v) is 2.48. The normalized spacial score (nSPS) is 10.6. The van der Waals surface area contributed by atoms with E-state index in [-0.39, 0.29) is 5.82 Å². The van der Waals surface area contributed by atoms with Crippen molar-refractivity contribution in [3.63, 3.8) is 0 Å². The predicted octanol–water partition coefficient (Wildman–Crippen LogP) is 3.29. The predicted molar refractivity (Wildman–Crippen MR) is 91.3 cm³/mol. The van der Waals surface area contributed by atoms with E-state index in [4.69, 9.17) is 9.47 Å². The molecule has 124 valence electrons. The molecule has 24 heavy (non-hydrogen) atoms. The van der Waals surface area contributed by atoms with Crippen LogP contribution in [0.4, 0.5) is 10.2 Å². The first kappa shape index (κ1) is 16.0. The molecule has 0 radical (unpaired) electrons. The number of likely N-dealkylation sites (N-methyl/N-ethyl adjacent to an activating group) is 1. The third kappa shape index (κ3) is 3.22. The molecule has 6 heteroatoms. The summed E-state index contributed by atoms with van der Waals surface area (Å²) < 4.78 is 24.9. The summed E-state index contributed by atoms with van der Waals surface area (Å²) >= 11 is 0. The lowest BCUT2D eigenvalue weighted by Crippen LogP contribution is -2.25. The second kappa shape index (κ2) is 7.12. The Labute approximate surface area is 139 Å². The summed E-state index contributed by atoms with van der Waals surface area (Å²) in [5.74, 6) is 1.69. The summed E-state index contributed by atoms with van der Waals surface area (Å²) in [5, 5.41) is 0.678. The van der Waals surface area contributed by atoms with Gasteiger partial charge < -0.3 is 14.4 Å². The summed E-state index contributed by atoms with van der Waals surface area (Å²) in [6.07, 6.45) is 1.37. The fourth-order valence-electron chi connectivity index (χ4n) is 2.48. The Morgan fingerprint density at radius 1 is 1.04 bits per heavy atom. The van der Waals surface area contributed by atoms with Crippen molar-refractivity contribution in [3.05, 3.63) is 54.6 Å². The number of ether oxygens (including phenoxy) is 2. The van der Waals surface area contributed by atoms with Crippen molar-refractivity contribution >= 4 is 16.7 Å². The van der Waals surface area contributed by atoms with E-state index >= 15 is 0 Å². The molecule has 0 unspecified atom stereocenters. The lowest BCUT2D eigenvalue weighted by atomic mass is 10.2. The molecule has 0 aliphatic heterocycles. The Bertz CT molecular complexity index is 841. The largest absolute Gasteiger partial charge is 0.493 e. The van der Waals surface area contributed by atoms with Crippen molar-refractivity contribution < 1.29 is 13.9 Å². The summed E-state index contributed by atoms with van der Waals surface area (Å²) in [6, 6.07) is 12.3. The number of aromatic nitrogens is 2. The van der Waals surface area contributed by atoms with Crippen LogP contribution in [0.3, 0.4) is 0 Å². The summed E-state index contributed by atoms with van der Waals surface area (Å²) in [5.41, 5.74) is 0.319. The van der Waals surface area contributed by atoms with E-state index in [9.17, 15) is 4.39 Å². The number of nitrogens with zero attached hydrogens (tertiary/aromatic N) is 3. The molecule has 0 fully saturated rings. The van der Waals surface area contributed by atoms with Gasteiger partial charge in [-0.05, 0) is 24.3 Å². The van der Waals surface area contributed by atoms with Gasteiger partial charge in [0.25, 0.3) is 0 Å². The number of rotatable bonds is 6. The Balaban J connectivity index is 1.72. The zero-order valence-electron chi connectivity index (χ0n) is 13.6. The van der Waals surface area contributed by atoms with Gasteiger partial charge in [0, 0.05) is 12.4 Å². The molecule has 3 aromatic rings. The highest BCUT2D eigenvalue weighted by atomic mass is 19.1. The van der Waals surface area contributed by atoms with Crippen molar-refractivity contribution in [1.29, 1.82) is 0 Å². The summed E-state index contributed by atoms with van der Waals surface area (Å²) in [6.45, 7) is 1.03. The van der Waals surface area contributed by atoms with Crippen LogP contribution < -0.4 is 14.4 Å². The average molecular weight is 327 g/mol. The van der Waals surface area contributed by atoms with E-state index in [2.05, 4.69) is 9.97 Å². The van der Waals surface area contributed by atoms with Gasteiger partial charge in [-0.15, -0.1) is 0 Å². The number of benzene rings is 2. The summed E-state index contributed by atoms with van der Waals surface area (Å²) in [7, 11) is 3.49. The number of methoxy groups -OCH3 is 1. The quantitative estimate of drug-likeness (QED) is 0.695. The lowest BCUT2D eigenvalue weighted by Gasteiger charge is -2.20. The van der Waals surface area contributed by atoms with E-state index in [0.717, 1.165) is 0 Å². The SMILES string of the molecule is COc1ccccc1OCCN(C)c1ncnc2c(F)cccc12. The minimum Gasteiger partial charge on any atom is -0.493 e. The molecule has 3 rings (SSSR count). The first-order chi connectivity index (χ1) is 11.7. The molecule has 0 N–H and O–H groups in total. The Hall–Kier alpha value is -2.89. The third-order valence-electron chi connectivity index (χ3n) is 3.71. The first-order valence-electron chi connectivity index (χ1n) is 7.57. The van der Waals surface area contributed by atoms with Crippen molar-refractivity contribution in [2.45, 2.75) is 0 Å². The minimum atomic E-state index is -0.352. The van der Waals surface area contributed by atoms with Crippen LogP contribution in [0.1, 0.15) is 0 Å². The molecule has 1 aromatic heterocycles. The van der Waals surface area contributed by atoms with Crippen molar-refractivity contribution in [1.82, 2.24) is 9.97 Å². The molecule has 0 spiro atoms. The zero-order chi connectivity index (χ0) is 16.9. The van der Waals surface area contributed by atoms with Gasteiger partial charge in [0.05, 0.1) is 13.7 Å². The van der Waals surface area contributed by atoms with Gasteiger partial charge >= 0.3 is 0 Å². The molecule has 2 aromatic carbocycles. The molecule has 0 aliphatic rings. The maximum absolute atomic E-state index is 13.8. The molecule has 1 heterocycles. The van der Waals surface area contributed by atoms with E-state index in [1.807, 2.05) is 42.3 Å². The highest BCUT2D eigenvalue weighted by molar-refractivity contribution is 5.89. The molecule has 0 aliphatic carbocycles. The van der Waals surface area contributed by atoms with E-state index < -0.39 is 0 Å². The second-order valence-electron chi connectivity index (χ2n) is 5.25. The van der Waals surface area contributed by atoms with Crippen LogP contribution in [0.2, 0.25) is 0 Å². The maximum Gasteiger partial charge on any atom is 0.161 e. The molecular weight excluding hydrogens is 309 g/mol. The monoisotopic (exact) mass is 327 g/mol. The molecule has 5 nitrogen and oxygen atoms in total. The zero-order valence-corrected chi connectivity index (χ0v) is 13.6. The average Bonchev–Trinajstić information content (AvgIpc) is 2.62. The van der Waals surface area contributed by atoms with Crippen LogP contribution >= 0.6 is 0 Å². The Morgan fingerprint density at radius 3 is 2.62 bits per heavy atom. The van der Waals surface area contributed by atoms with E-state index in [1.54, 1.807) is 13.2 Å². The molecule has 0 amide bonds. The van der Waals surface area contributed by atoms with Crippen LogP contribution in [0, 0.1) is 5.82 Å². The molecule has 0 atom stereocenters. The number of halogens is 1. The first-order valence-corrected chi connectivity index (χ1v) is 7.57. The maximum atomic E-state index is 13.8. The number of hydrogen-bond donors (Lipinski definition) is 0. The second-order valence-corrected chi connectivity index (χ2v) is 5.25. The van der Waals surface area contributed by atoms with Gasteiger partial charge in [0.2, 0.25) is 0 Å². The number of para-hydroxylation sites is 3. The van der Waals surface area contributed by atoms with Crippen LogP contribution in [-0.4, -0.2) is 37.3 Å². The molecule has 0 bridgehead atoms. The standard InChI is InChI=1S/C18H18FN3O2/c1-22(10-11-24-16-9-4-3-8-15(16)23-2)18-13-6-5-7-14(19)17(13)20-12-21-18/h3-9,12H,10-11H2,1-2H3. The van der Waals surface area contributed by atoms with E-state index in [0.29, 0.717) is 41.4 Å². The van der Waals surface area contributed by atoms with Gasteiger partial charge in [-0.3, -0.25) is 0 Å². The number of hydrogen-bond acceptors (Lipinski definition) is 5. The topological polar surface area (TPSA) is 47.5 Å². The highest BCUT2D eigenvalue weighted by Crippen LogP contribution is 2.26. The van der Waals surface area contributed by atoms with Crippen LogP contribution in [-0.2, 0) is 0 Å². The van der Waals surface area contributed by atoms with Crippen molar-refractivity contribution in [2.75, 3.05) is 32.2 Å². The minimum absolute atomic E-state index is 0.319. The number of anilines is 1. The van der Waals surface area contributed by atoms with Crippen molar-refractivity contribution in [3.8, 4) is 11.5 Å². The van der Waals surface area contributed by atoms with Crippen LogP contribution in [0.15, 0.2) is 48.8 Å². The molecule has 0 saturated carbocycles. The lowest BCUT2D eigenvalue weighted by molar-refractivity contribution is 0.301. The van der Waals surface area contributed by atoms with Crippen LogP contribution in [0.25, 0.3) is 10.9 Å². The summed E-state index contributed by atoms with van der Waals surface area (Å²) in [4.78, 5) is 10.2. The van der Waals surface area contributed by atoms with Crippen molar-refractivity contribution in [2.24, 2.45) is 0 Å². The Morgan fingerprint density at radius 2 is 1.83 bits per heavy atom. The number of fused-ring (bicyclic) bond motifs is 1. The van der Waals surface area contributed by atoms with Crippen LogP contribution in [0.5, 0.6) is 11.5 Å².